The molecule has 0 bridgehead atoms. The molecule has 9 nitrogen and oxygen atoms in total. The third-order valence-corrected chi connectivity index (χ3v) is 4.97. The summed E-state index contributed by atoms with van der Waals surface area (Å²) in [5, 5.41) is 23.6. The predicted molar refractivity (Wildman–Crippen MR) is 118 cm³/mol. The lowest BCUT2D eigenvalue weighted by atomic mass is 10.1. The molecule has 10 heteroatoms. The van der Waals surface area contributed by atoms with Crippen molar-refractivity contribution in [3.8, 4) is 17.6 Å². The molecule has 164 valence electrons. The lowest BCUT2D eigenvalue weighted by molar-refractivity contribution is 0.0944. The van der Waals surface area contributed by atoms with Gasteiger partial charge in [-0.1, -0.05) is 24.3 Å². The van der Waals surface area contributed by atoms with E-state index in [2.05, 4.69) is 30.8 Å². The molecule has 4 aromatic rings. The largest absolute Gasteiger partial charge is 0.378 e. The number of aromatic nitrogens is 5. The lowest BCUT2D eigenvalue weighted by Gasteiger charge is -2.13. The summed E-state index contributed by atoms with van der Waals surface area (Å²) in [5.74, 6) is 0.239. The second kappa shape index (κ2) is 9.65. The van der Waals surface area contributed by atoms with E-state index in [1.165, 1.54) is 24.5 Å². The molecular weight excluding hydrogens is 423 g/mol. The summed E-state index contributed by atoms with van der Waals surface area (Å²) in [5.41, 5.74) is 1.78. The highest BCUT2D eigenvalue weighted by Gasteiger charge is 2.18. The minimum atomic E-state index is -1.10. The molecular formula is C23H19FN8O. The first-order valence-corrected chi connectivity index (χ1v) is 10.0. The van der Waals surface area contributed by atoms with Crippen LogP contribution in [0.15, 0.2) is 67.1 Å². The standard InChI is InChI=1S/C23H19FN8O/c1-32-21(30-31-22(32)19-9-10-26-14-28-19)13-27-16-6-4-5-15(11-16)23(33)29-20(12-25)17-7-2-3-8-18(17)24/h2-11,14,20,27H,13H2,1H3,(H,29,33)/t20-/m0/s1. The fraction of sp³-hybridized carbons (Fsp3) is 0.130. The van der Waals surface area contributed by atoms with Crippen LogP contribution in [0.5, 0.6) is 0 Å². The molecule has 0 aliphatic rings. The number of anilines is 1. The maximum Gasteiger partial charge on any atom is 0.252 e. The number of hydrogen-bond acceptors (Lipinski definition) is 7. The van der Waals surface area contributed by atoms with E-state index < -0.39 is 17.8 Å². The quantitative estimate of drug-likeness (QED) is 0.451. The molecule has 0 saturated heterocycles. The van der Waals surface area contributed by atoms with Crippen LogP contribution in [0, 0.1) is 17.1 Å². The monoisotopic (exact) mass is 442 g/mol. The van der Waals surface area contributed by atoms with Gasteiger partial charge in [0.2, 0.25) is 0 Å². The van der Waals surface area contributed by atoms with Crippen LogP contribution in [0.3, 0.4) is 0 Å². The average molecular weight is 442 g/mol. The van der Waals surface area contributed by atoms with E-state index in [4.69, 9.17) is 0 Å². The van der Waals surface area contributed by atoms with Crippen LogP contribution in [0.4, 0.5) is 10.1 Å². The SMILES string of the molecule is Cn1c(CNc2cccc(C(=O)N[C@@H](C#N)c3ccccc3F)c2)nnc1-c1ccncn1. The normalized spacial score (nSPS) is 11.4. The van der Waals surface area contributed by atoms with Gasteiger partial charge in [0.15, 0.2) is 11.6 Å². The van der Waals surface area contributed by atoms with Gasteiger partial charge in [-0.05, 0) is 30.3 Å². The molecule has 1 amide bonds. The third kappa shape index (κ3) is 4.83. The predicted octanol–water partition coefficient (Wildman–Crippen LogP) is 3.02. The first-order valence-electron chi connectivity index (χ1n) is 10.0. The summed E-state index contributed by atoms with van der Waals surface area (Å²) < 4.78 is 15.8. The molecule has 2 aromatic heterocycles. The number of nitrogens with zero attached hydrogens (tertiary/aromatic N) is 6. The summed E-state index contributed by atoms with van der Waals surface area (Å²) >= 11 is 0. The lowest BCUT2D eigenvalue weighted by Crippen LogP contribution is -2.28. The number of benzene rings is 2. The Kier molecular flexibility index (Phi) is 6.31. The van der Waals surface area contributed by atoms with Gasteiger partial charge in [-0.3, -0.25) is 4.79 Å². The van der Waals surface area contributed by atoms with Crippen LogP contribution in [-0.2, 0) is 13.6 Å². The number of hydrogen-bond donors (Lipinski definition) is 2. The zero-order valence-corrected chi connectivity index (χ0v) is 17.6. The van der Waals surface area contributed by atoms with Crippen molar-refractivity contribution in [1.29, 1.82) is 5.26 Å². The van der Waals surface area contributed by atoms with Crippen molar-refractivity contribution in [3.63, 3.8) is 0 Å². The van der Waals surface area contributed by atoms with Gasteiger partial charge in [-0.25, -0.2) is 14.4 Å². The molecule has 2 aromatic carbocycles. The highest BCUT2D eigenvalue weighted by molar-refractivity contribution is 5.95. The molecule has 0 unspecified atom stereocenters. The summed E-state index contributed by atoms with van der Waals surface area (Å²) in [7, 11) is 1.84. The molecule has 4 rings (SSSR count). The average Bonchev–Trinajstić information content (AvgIpc) is 3.22. The summed E-state index contributed by atoms with van der Waals surface area (Å²) in [6, 6.07) is 15.2. The molecule has 0 aliphatic heterocycles. The number of carbonyl (C=O) groups excluding carboxylic acids is 1. The van der Waals surface area contributed by atoms with Gasteiger partial charge in [0.05, 0.1) is 12.6 Å². The maximum atomic E-state index is 14.0. The third-order valence-electron chi connectivity index (χ3n) is 4.97. The molecule has 0 saturated carbocycles. The van der Waals surface area contributed by atoms with Crippen molar-refractivity contribution < 1.29 is 9.18 Å². The van der Waals surface area contributed by atoms with Crippen molar-refractivity contribution in [3.05, 3.63) is 89.9 Å². The van der Waals surface area contributed by atoms with Crippen molar-refractivity contribution in [1.82, 2.24) is 30.0 Å². The highest BCUT2D eigenvalue weighted by Crippen LogP contribution is 2.19. The van der Waals surface area contributed by atoms with Gasteiger partial charge in [0.1, 0.15) is 23.9 Å². The number of nitrogens with one attached hydrogen (secondary N) is 2. The van der Waals surface area contributed by atoms with Crippen molar-refractivity contribution in [2.75, 3.05) is 5.32 Å². The van der Waals surface area contributed by atoms with Crippen LogP contribution in [0.2, 0.25) is 0 Å². The van der Waals surface area contributed by atoms with Gasteiger partial charge in [0, 0.05) is 30.1 Å². The Labute approximate surface area is 189 Å². The Bertz CT molecular complexity index is 1320. The van der Waals surface area contributed by atoms with E-state index in [9.17, 15) is 14.4 Å². The fourth-order valence-corrected chi connectivity index (χ4v) is 3.22. The molecule has 1 atom stereocenters. The van der Waals surface area contributed by atoms with E-state index in [0.717, 1.165) is 0 Å². The Morgan fingerprint density at radius 3 is 2.79 bits per heavy atom. The zero-order valence-electron chi connectivity index (χ0n) is 17.6. The first kappa shape index (κ1) is 21.6. The van der Waals surface area contributed by atoms with E-state index in [0.29, 0.717) is 35.1 Å². The van der Waals surface area contributed by atoms with E-state index in [-0.39, 0.29) is 5.56 Å². The minimum Gasteiger partial charge on any atom is -0.378 e. The summed E-state index contributed by atoms with van der Waals surface area (Å²) in [4.78, 5) is 20.8. The van der Waals surface area contributed by atoms with Crippen molar-refractivity contribution in [2.45, 2.75) is 12.6 Å². The number of nitriles is 1. The minimum absolute atomic E-state index is 0.115. The van der Waals surface area contributed by atoms with Gasteiger partial charge < -0.3 is 15.2 Å². The number of carbonyl (C=O) groups is 1. The smallest absolute Gasteiger partial charge is 0.252 e. The van der Waals surface area contributed by atoms with Crippen molar-refractivity contribution >= 4 is 11.6 Å². The molecule has 0 radical (unpaired) electrons. The maximum absolute atomic E-state index is 14.0. The number of halogens is 1. The first-order chi connectivity index (χ1) is 16.1. The fourth-order valence-electron chi connectivity index (χ4n) is 3.22. The van der Waals surface area contributed by atoms with E-state index in [1.807, 2.05) is 17.7 Å². The second-order valence-electron chi connectivity index (χ2n) is 7.08. The molecule has 0 spiro atoms. The van der Waals surface area contributed by atoms with Gasteiger partial charge in [-0.2, -0.15) is 5.26 Å². The zero-order chi connectivity index (χ0) is 23.2. The van der Waals surface area contributed by atoms with E-state index >= 15 is 0 Å². The number of rotatable bonds is 7. The Morgan fingerprint density at radius 1 is 1.18 bits per heavy atom. The summed E-state index contributed by atoms with van der Waals surface area (Å²) in [6.07, 6.45) is 3.08. The van der Waals surface area contributed by atoms with Crippen LogP contribution in [-0.4, -0.2) is 30.6 Å². The Morgan fingerprint density at radius 2 is 2.03 bits per heavy atom. The van der Waals surface area contributed by atoms with Crippen LogP contribution in [0.1, 0.15) is 27.8 Å². The summed E-state index contributed by atoms with van der Waals surface area (Å²) in [6.45, 7) is 0.357. The Hall–Kier alpha value is -4.65. The highest BCUT2D eigenvalue weighted by atomic mass is 19.1. The number of amides is 1. The van der Waals surface area contributed by atoms with E-state index in [1.54, 1.807) is 42.6 Å². The van der Waals surface area contributed by atoms with Gasteiger partial charge >= 0.3 is 0 Å². The van der Waals surface area contributed by atoms with Gasteiger partial charge in [0.25, 0.3) is 5.91 Å². The van der Waals surface area contributed by atoms with Crippen LogP contribution < -0.4 is 10.6 Å². The van der Waals surface area contributed by atoms with Gasteiger partial charge in [-0.15, -0.1) is 10.2 Å². The molecule has 0 fully saturated rings. The van der Waals surface area contributed by atoms with Crippen LogP contribution in [0.25, 0.3) is 11.5 Å². The topological polar surface area (TPSA) is 121 Å². The molecule has 2 N–H and O–H groups in total. The second-order valence-corrected chi connectivity index (χ2v) is 7.08. The molecule has 2 heterocycles. The molecule has 0 aliphatic carbocycles. The Balaban J connectivity index is 1.44. The molecule has 33 heavy (non-hydrogen) atoms. The van der Waals surface area contributed by atoms with Crippen molar-refractivity contribution in [2.24, 2.45) is 7.05 Å². The van der Waals surface area contributed by atoms with Crippen LogP contribution >= 0.6 is 0 Å².